The Balaban J connectivity index is 2.81. The number of hydrogen-bond donors (Lipinski definition) is 2. The summed E-state index contributed by atoms with van der Waals surface area (Å²) in [6, 6.07) is 6.52. The van der Waals surface area contributed by atoms with Gasteiger partial charge >= 0.3 is 5.97 Å². The fourth-order valence-electron chi connectivity index (χ4n) is 1.05. The number of nitrogens with two attached hydrogens (primary N) is 2. The molecule has 76 valence electrons. The number of carbonyl (C=O) groups is 1. The molecule has 1 unspecified atom stereocenters. The van der Waals surface area contributed by atoms with Crippen LogP contribution in [0.4, 0.5) is 0 Å². The predicted octanol–water partition coefficient (Wildman–Crippen LogP) is 1.04. The maximum absolute atomic E-state index is 11.1. The molecule has 4 nitrogen and oxygen atoms in total. The van der Waals surface area contributed by atoms with Gasteiger partial charge in [0.1, 0.15) is 6.04 Å². The molecule has 14 heavy (non-hydrogen) atoms. The van der Waals surface area contributed by atoms with Crippen LogP contribution < -0.4 is 11.5 Å². The molecule has 0 spiro atoms. The van der Waals surface area contributed by atoms with E-state index in [0.29, 0.717) is 6.54 Å². The van der Waals surface area contributed by atoms with Crippen LogP contribution in [0.3, 0.4) is 0 Å². The summed E-state index contributed by atoms with van der Waals surface area (Å²) >= 11 is 1.52. The lowest BCUT2D eigenvalue weighted by molar-refractivity contribution is -0.132. The molecule has 0 radical (unpaired) electrons. The van der Waals surface area contributed by atoms with E-state index in [0.717, 1.165) is 11.1 Å². The molecule has 0 aliphatic heterocycles. The van der Waals surface area contributed by atoms with Crippen LogP contribution in [0.5, 0.6) is 0 Å². The van der Waals surface area contributed by atoms with Crippen molar-refractivity contribution in [3.63, 3.8) is 0 Å². The Hall–Kier alpha value is -0.660. The van der Waals surface area contributed by atoms with Gasteiger partial charge in [-0.3, -0.25) is 0 Å². The van der Waals surface area contributed by atoms with Crippen LogP contribution in [0.2, 0.25) is 0 Å². The molecule has 5 heteroatoms. The second-order valence-corrected chi connectivity index (χ2v) is 3.26. The van der Waals surface area contributed by atoms with E-state index < -0.39 is 12.0 Å². The third-order valence-electron chi connectivity index (χ3n) is 1.90. The van der Waals surface area contributed by atoms with Crippen LogP contribution in [-0.2, 0) is 14.4 Å². The summed E-state index contributed by atoms with van der Waals surface area (Å²) < 4.78 is 4.50. The summed E-state index contributed by atoms with van der Waals surface area (Å²) in [5.74, 6) is -0.453. The van der Waals surface area contributed by atoms with E-state index in [9.17, 15) is 4.79 Å². The molecule has 4 N–H and O–H groups in total. The van der Waals surface area contributed by atoms with Crippen LogP contribution in [0, 0.1) is 0 Å². The molecule has 0 fully saturated rings. The Kier molecular flexibility index (Phi) is 4.30. The smallest absolute Gasteiger partial charge is 0.336 e. The molecule has 1 rings (SSSR count). The Morgan fingerprint density at radius 2 is 2.00 bits per heavy atom. The lowest BCUT2D eigenvalue weighted by Gasteiger charge is -2.08. The highest BCUT2D eigenvalue weighted by Gasteiger charge is 2.16. The van der Waals surface area contributed by atoms with Crippen molar-refractivity contribution < 1.29 is 7.86 Å². The van der Waals surface area contributed by atoms with Crippen molar-refractivity contribution in [2.24, 2.45) is 11.5 Å². The topological polar surface area (TPSA) is 78.3 Å². The first kappa shape index (κ1) is 11.4. The molecule has 0 saturated carbocycles. The summed E-state index contributed by atoms with van der Waals surface area (Å²) in [6.07, 6.45) is 0. The summed E-state index contributed by atoms with van der Waals surface area (Å²) in [4.78, 5) is 11.1. The van der Waals surface area contributed by atoms with Gasteiger partial charge in [0.25, 0.3) is 0 Å². The summed E-state index contributed by atoms with van der Waals surface area (Å²) in [7, 11) is 0. The highest BCUT2D eigenvalue weighted by Crippen LogP contribution is 2.14. The zero-order valence-corrected chi connectivity index (χ0v) is 9.60. The van der Waals surface area contributed by atoms with Crippen molar-refractivity contribution in [3.05, 3.63) is 35.4 Å². The number of hydrogen-bond acceptors (Lipinski definition) is 4. The Morgan fingerprint density at radius 3 is 2.43 bits per heavy atom. The maximum Gasteiger partial charge on any atom is 0.336 e. The average Bonchev–Trinajstić information content (AvgIpc) is 2.27. The minimum absolute atomic E-state index is 0.453. The van der Waals surface area contributed by atoms with Crippen molar-refractivity contribution in [1.82, 2.24) is 0 Å². The van der Waals surface area contributed by atoms with Crippen molar-refractivity contribution in [2.45, 2.75) is 12.6 Å². The second-order valence-electron chi connectivity index (χ2n) is 2.82. The molecule has 0 aromatic heterocycles. The minimum Gasteiger partial charge on any atom is -0.393 e. The summed E-state index contributed by atoms with van der Waals surface area (Å²) in [6.45, 7) is 0.478. The standard InChI is InChI=1S/C9H11IN2O2/c10-14-9(13)8(12)7-3-1-6(5-11)2-4-7/h1-4,8H,5,11-12H2. The molecule has 0 aliphatic carbocycles. The quantitative estimate of drug-likeness (QED) is 0.818. The first-order valence-corrected chi connectivity index (χ1v) is 4.94. The lowest BCUT2D eigenvalue weighted by atomic mass is 10.1. The van der Waals surface area contributed by atoms with Crippen LogP contribution >= 0.6 is 23.0 Å². The van der Waals surface area contributed by atoms with E-state index in [2.05, 4.69) is 3.07 Å². The molecule has 0 saturated heterocycles. The number of carbonyl (C=O) groups excluding carboxylic acids is 1. The van der Waals surface area contributed by atoms with Gasteiger partial charge in [-0.1, -0.05) is 24.3 Å². The van der Waals surface area contributed by atoms with Crippen molar-refractivity contribution >= 4 is 29.0 Å². The van der Waals surface area contributed by atoms with Gasteiger partial charge in [0.15, 0.2) is 23.0 Å². The third kappa shape index (κ3) is 2.66. The van der Waals surface area contributed by atoms with Gasteiger partial charge in [-0.25, -0.2) is 4.79 Å². The molecular weight excluding hydrogens is 295 g/mol. The fraction of sp³-hybridized carbons (Fsp3) is 0.222. The number of benzene rings is 1. The highest BCUT2D eigenvalue weighted by molar-refractivity contribution is 14.1. The van der Waals surface area contributed by atoms with Gasteiger partial charge < -0.3 is 14.5 Å². The van der Waals surface area contributed by atoms with Crippen molar-refractivity contribution in [3.8, 4) is 0 Å². The van der Waals surface area contributed by atoms with E-state index in [-0.39, 0.29) is 0 Å². The molecule has 1 aromatic rings. The zero-order valence-electron chi connectivity index (χ0n) is 7.44. The lowest BCUT2D eigenvalue weighted by Crippen LogP contribution is -2.21. The zero-order chi connectivity index (χ0) is 10.6. The summed E-state index contributed by atoms with van der Waals surface area (Å²) in [5.41, 5.74) is 12.8. The minimum atomic E-state index is -0.723. The van der Waals surface area contributed by atoms with Crippen LogP contribution in [0.1, 0.15) is 17.2 Å². The van der Waals surface area contributed by atoms with E-state index in [1.165, 1.54) is 23.0 Å². The van der Waals surface area contributed by atoms with Gasteiger partial charge in [0.2, 0.25) is 0 Å². The molecule has 1 aromatic carbocycles. The van der Waals surface area contributed by atoms with Crippen molar-refractivity contribution in [1.29, 1.82) is 0 Å². The van der Waals surface area contributed by atoms with Crippen molar-refractivity contribution in [2.75, 3.05) is 0 Å². The van der Waals surface area contributed by atoms with Crippen LogP contribution in [0.15, 0.2) is 24.3 Å². The molecule has 0 bridgehead atoms. The Morgan fingerprint density at radius 1 is 1.43 bits per heavy atom. The van der Waals surface area contributed by atoms with E-state index >= 15 is 0 Å². The second kappa shape index (κ2) is 5.28. The Bertz CT molecular complexity index is 313. The number of halogens is 1. The number of rotatable bonds is 3. The molecular formula is C9H11IN2O2. The Labute approximate surface area is 96.3 Å². The normalized spacial score (nSPS) is 12.2. The van der Waals surface area contributed by atoms with Gasteiger partial charge in [-0.05, 0) is 11.1 Å². The summed E-state index contributed by atoms with van der Waals surface area (Å²) in [5, 5.41) is 0. The SMILES string of the molecule is NCc1ccc(C(N)C(=O)OI)cc1. The molecule has 1 atom stereocenters. The highest BCUT2D eigenvalue weighted by atomic mass is 127. The maximum atomic E-state index is 11.1. The predicted molar refractivity (Wildman–Crippen MR) is 61.4 cm³/mol. The molecule has 0 amide bonds. The fourth-order valence-corrected chi connectivity index (χ4v) is 1.32. The third-order valence-corrected chi connectivity index (χ3v) is 2.34. The van der Waals surface area contributed by atoms with E-state index in [1.54, 1.807) is 12.1 Å². The van der Waals surface area contributed by atoms with E-state index in [4.69, 9.17) is 11.5 Å². The molecule has 0 aliphatic rings. The first-order valence-electron chi connectivity index (χ1n) is 4.06. The molecule has 0 heterocycles. The first-order chi connectivity index (χ1) is 6.69. The van der Waals surface area contributed by atoms with Gasteiger partial charge in [-0.2, -0.15) is 0 Å². The van der Waals surface area contributed by atoms with Crippen LogP contribution in [0.25, 0.3) is 0 Å². The van der Waals surface area contributed by atoms with E-state index in [1.807, 2.05) is 12.1 Å². The van der Waals surface area contributed by atoms with Gasteiger partial charge in [0.05, 0.1) is 0 Å². The van der Waals surface area contributed by atoms with Gasteiger partial charge in [-0.15, -0.1) is 0 Å². The largest absolute Gasteiger partial charge is 0.393 e. The average molecular weight is 306 g/mol. The monoisotopic (exact) mass is 306 g/mol. The van der Waals surface area contributed by atoms with Gasteiger partial charge in [0, 0.05) is 6.54 Å². The van der Waals surface area contributed by atoms with Crippen LogP contribution in [-0.4, -0.2) is 5.97 Å².